The molecule has 1 N–H and O–H groups in total. The van der Waals surface area contributed by atoms with E-state index in [0.29, 0.717) is 31.4 Å². The van der Waals surface area contributed by atoms with E-state index in [1.807, 2.05) is 24.3 Å². The molecule has 1 atom stereocenters. The molecule has 25 heavy (non-hydrogen) atoms. The fourth-order valence-corrected chi connectivity index (χ4v) is 3.91. The van der Waals surface area contributed by atoms with Gasteiger partial charge in [-0.25, -0.2) is 0 Å². The molecule has 0 aliphatic carbocycles. The number of nitrogens with one attached hydrogen (secondary N) is 1. The molecule has 7 nitrogen and oxygen atoms in total. The van der Waals surface area contributed by atoms with Crippen molar-refractivity contribution in [3.63, 3.8) is 0 Å². The van der Waals surface area contributed by atoms with Crippen LogP contribution in [0.3, 0.4) is 0 Å². The number of rotatable bonds is 4. The highest BCUT2D eigenvalue weighted by Gasteiger charge is 2.23. The van der Waals surface area contributed by atoms with Gasteiger partial charge in [-0.1, -0.05) is 29.5 Å². The van der Waals surface area contributed by atoms with Crippen molar-refractivity contribution in [2.24, 2.45) is 0 Å². The average molecular weight is 360 g/mol. The highest BCUT2D eigenvalue weighted by Crippen LogP contribution is 2.31. The summed E-state index contributed by atoms with van der Waals surface area (Å²) in [7, 11) is 0. The lowest BCUT2D eigenvalue weighted by Gasteiger charge is -2.18. The van der Waals surface area contributed by atoms with Gasteiger partial charge in [-0.2, -0.15) is 0 Å². The summed E-state index contributed by atoms with van der Waals surface area (Å²) in [5, 5.41) is 12.4. The second kappa shape index (κ2) is 7.47. The maximum atomic E-state index is 12.3. The third kappa shape index (κ3) is 3.97. The minimum absolute atomic E-state index is 0.0300. The smallest absolute Gasteiger partial charge is 0.240 e. The predicted octanol–water partition coefficient (Wildman–Crippen LogP) is 2.22. The summed E-state index contributed by atoms with van der Waals surface area (Å²) in [5.74, 6) is 0.810. The number of benzene rings is 1. The van der Waals surface area contributed by atoms with Crippen molar-refractivity contribution in [1.82, 2.24) is 15.1 Å². The maximum absolute atomic E-state index is 12.3. The fourth-order valence-electron chi connectivity index (χ4n) is 3.06. The Kier molecular flexibility index (Phi) is 4.91. The highest BCUT2D eigenvalue weighted by molar-refractivity contribution is 7.15. The topological polar surface area (TPSA) is 76.6 Å². The zero-order chi connectivity index (χ0) is 17.1. The monoisotopic (exact) mass is 360 g/mol. The number of ether oxygens (including phenoxy) is 2. The van der Waals surface area contributed by atoms with Crippen LogP contribution < -0.4 is 10.1 Å². The van der Waals surface area contributed by atoms with Crippen LogP contribution in [0.25, 0.3) is 0 Å². The third-order valence-electron chi connectivity index (χ3n) is 4.29. The van der Waals surface area contributed by atoms with Crippen molar-refractivity contribution in [2.75, 3.05) is 31.6 Å². The first-order valence-corrected chi connectivity index (χ1v) is 9.27. The van der Waals surface area contributed by atoms with Gasteiger partial charge >= 0.3 is 0 Å². The number of aromatic nitrogens is 2. The molecule has 2 aromatic rings. The number of carbonyl (C=O) groups excluding carboxylic acids is 1. The number of hydrogen-bond donors (Lipinski definition) is 1. The Morgan fingerprint density at radius 3 is 3.12 bits per heavy atom. The zero-order valence-corrected chi connectivity index (χ0v) is 14.6. The Balaban J connectivity index is 1.34. The van der Waals surface area contributed by atoms with Crippen molar-refractivity contribution in [3.05, 3.63) is 34.8 Å². The van der Waals surface area contributed by atoms with Gasteiger partial charge in [0.1, 0.15) is 23.5 Å². The summed E-state index contributed by atoms with van der Waals surface area (Å²) in [6.45, 7) is 3.05. The molecule has 0 radical (unpaired) electrons. The van der Waals surface area contributed by atoms with Crippen LogP contribution >= 0.6 is 11.3 Å². The van der Waals surface area contributed by atoms with Crippen LogP contribution in [-0.4, -0.2) is 47.3 Å². The number of nitrogens with zero attached hydrogens (tertiary/aromatic N) is 3. The summed E-state index contributed by atoms with van der Waals surface area (Å²) >= 11 is 1.39. The Labute approximate surface area is 150 Å². The molecule has 1 aromatic carbocycles. The fraction of sp³-hybridized carbons (Fsp3) is 0.471. The lowest BCUT2D eigenvalue weighted by Crippen LogP contribution is -2.34. The van der Waals surface area contributed by atoms with Gasteiger partial charge < -0.3 is 9.47 Å². The van der Waals surface area contributed by atoms with Gasteiger partial charge in [0.15, 0.2) is 0 Å². The molecule has 8 heteroatoms. The number of fused-ring (bicyclic) bond motifs is 1. The van der Waals surface area contributed by atoms with Crippen LogP contribution in [0, 0.1) is 0 Å². The van der Waals surface area contributed by atoms with Crippen LogP contribution in [0.2, 0.25) is 0 Å². The Hall–Kier alpha value is -2.03. The molecule has 0 unspecified atom stereocenters. The molecular weight excluding hydrogens is 340 g/mol. The summed E-state index contributed by atoms with van der Waals surface area (Å²) < 4.78 is 11.3. The van der Waals surface area contributed by atoms with Crippen LogP contribution in [0.15, 0.2) is 24.3 Å². The molecule has 0 bridgehead atoms. The molecule has 132 valence electrons. The number of para-hydroxylation sites is 1. The lowest BCUT2D eigenvalue weighted by molar-refractivity contribution is -0.117. The first-order chi connectivity index (χ1) is 12.3. The highest BCUT2D eigenvalue weighted by atomic mass is 32.1. The van der Waals surface area contributed by atoms with E-state index >= 15 is 0 Å². The van der Waals surface area contributed by atoms with E-state index in [1.54, 1.807) is 0 Å². The molecule has 1 aromatic heterocycles. The Morgan fingerprint density at radius 1 is 1.32 bits per heavy atom. The van der Waals surface area contributed by atoms with Crippen LogP contribution in [-0.2, 0) is 16.1 Å². The zero-order valence-electron chi connectivity index (χ0n) is 13.8. The number of amides is 1. The van der Waals surface area contributed by atoms with Gasteiger partial charge in [0, 0.05) is 25.3 Å². The van der Waals surface area contributed by atoms with E-state index in [4.69, 9.17) is 9.47 Å². The summed E-state index contributed by atoms with van der Waals surface area (Å²) in [4.78, 5) is 14.4. The SMILES string of the molecule is O=C(CN1CCOc2ccccc2C1)Nc1nnc([C@@H]2CCCO2)s1. The molecular formula is C17H20N4O3S. The lowest BCUT2D eigenvalue weighted by atomic mass is 10.2. The van der Waals surface area contributed by atoms with E-state index in [0.717, 1.165) is 35.8 Å². The molecule has 1 saturated heterocycles. The summed E-state index contributed by atoms with van der Waals surface area (Å²) in [6.07, 6.45) is 2.04. The molecule has 0 saturated carbocycles. The van der Waals surface area contributed by atoms with E-state index < -0.39 is 0 Å². The van der Waals surface area contributed by atoms with Gasteiger partial charge in [-0.15, -0.1) is 10.2 Å². The normalized spacial score (nSPS) is 20.6. The molecule has 2 aliphatic heterocycles. The minimum atomic E-state index is -0.0885. The van der Waals surface area contributed by atoms with E-state index in [-0.39, 0.29) is 12.0 Å². The second-order valence-electron chi connectivity index (χ2n) is 6.16. The molecule has 1 amide bonds. The van der Waals surface area contributed by atoms with Crippen LogP contribution in [0.5, 0.6) is 5.75 Å². The van der Waals surface area contributed by atoms with Crippen molar-refractivity contribution in [1.29, 1.82) is 0 Å². The van der Waals surface area contributed by atoms with Gasteiger partial charge in [-0.3, -0.25) is 15.0 Å². The first kappa shape index (κ1) is 16.4. The standard InChI is InChI=1S/C17H20N4O3S/c22-15(18-17-20-19-16(25-17)14-6-3-8-23-14)11-21-7-9-24-13-5-2-1-4-12(13)10-21/h1-2,4-5,14H,3,6-11H2,(H,18,20,22)/t14-/m0/s1. The van der Waals surface area contributed by atoms with Gasteiger partial charge in [-0.05, 0) is 18.9 Å². The van der Waals surface area contributed by atoms with Crippen molar-refractivity contribution >= 4 is 22.4 Å². The van der Waals surface area contributed by atoms with Gasteiger partial charge in [0.25, 0.3) is 0 Å². The number of carbonyl (C=O) groups is 1. The molecule has 3 heterocycles. The Morgan fingerprint density at radius 2 is 2.24 bits per heavy atom. The second-order valence-corrected chi connectivity index (χ2v) is 7.17. The van der Waals surface area contributed by atoms with Crippen molar-refractivity contribution in [2.45, 2.75) is 25.5 Å². The predicted molar refractivity (Wildman–Crippen MR) is 93.7 cm³/mol. The number of hydrogen-bond acceptors (Lipinski definition) is 7. The molecule has 4 rings (SSSR count). The average Bonchev–Trinajstić information content (AvgIpc) is 3.24. The third-order valence-corrected chi connectivity index (χ3v) is 5.22. The van der Waals surface area contributed by atoms with Gasteiger partial charge in [0.2, 0.25) is 11.0 Å². The quantitative estimate of drug-likeness (QED) is 0.901. The first-order valence-electron chi connectivity index (χ1n) is 8.46. The number of anilines is 1. The van der Waals surface area contributed by atoms with E-state index in [9.17, 15) is 4.79 Å². The minimum Gasteiger partial charge on any atom is -0.492 e. The summed E-state index contributed by atoms with van der Waals surface area (Å²) in [6, 6.07) is 7.94. The Bertz CT molecular complexity index is 745. The largest absolute Gasteiger partial charge is 0.492 e. The molecule has 0 spiro atoms. The summed E-state index contributed by atoms with van der Waals surface area (Å²) in [5.41, 5.74) is 1.10. The van der Waals surface area contributed by atoms with Crippen molar-refractivity contribution < 1.29 is 14.3 Å². The molecule has 2 aliphatic rings. The van der Waals surface area contributed by atoms with Crippen LogP contribution in [0.4, 0.5) is 5.13 Å². The molecule has 1 fully saturated rings. The van der Waals surface area contributed by atoms with Gasteiger partial charge in [0.05, 0.1) is 6.54 Å². The van der Waals surface area contributed by atoms with E-state index in [2.05, 4.69) is 20.4 Å². The van der Waals surface area contributed by atoms with E-state index in [1.165, 1.54) is 11.3 Å². The van der Waals surface area contributed by atoms with Crippen molar-refractivity contribution in [3.8, 4) is 5.75 Å². The van der Waals surface area contributed by atoms with Crippen LogP contribution in [0.1, 0.15) is 29.5 Å². The maximum Gasteiger partial charge on any atom is 0.240 e.